The molecule has 1 aromatic heterocycles. The van der Waals surface area contributed by atoms with Gasteiger partial charge in [0, 0.05) is 11.6 Å². The molecule has 26 heavy (non-hydrogen) atoms. The number of hydrogen-bond acceptors (Lipinski definition) is 6. The van der Waals surface area contributed by atoms with E-state index in [0.29, 0.717) is 39.8 Å². The molecule has 0 unspecified atom stereocenters. The first-order valence-electron chi connectivity index (χ1n) is 7.78. The van der Waals surface area contributed by atoms with Crippen molar-refractivity contribution < 1.29 is 23.5 Å². The topological polar surface area (TPSA) is 82.8 Å². The van der Waals surface area contributed by atoms with Crippen LogP contribution in [0.5, 0.6) is 17.2 Å². The van der Waals surface area contributed by atoms with E-state index in [0.717, 1.165) is 0 Å². The van der Waals surface area contributed by atoms with Crippen molar-refractivity contribution in [3.05, 3.63) is 54.2 Å². The highest BCUT2D eigenvalue weighted by molar-refractivity contribution is 6.08. The first-order chi connectivity index (χ1) is 12.7. The average molecular weight is 354 g/mol. The first-order valence-corrected chi connectivity index (χ1v) is 7.78. The number of carbonyl (C=O) groups is 1. The predicted molar refractivity (Wildman–Crippen MR) is 96.0 cm³/mol. The van der Waals surface area contributed by atoms with E-state index in [1.54, 1.807) is 56.7 Å². The summed E-state index contributed by atoms with van der Waals surface area (Å²) in [5.41, 5.74) is 1.50. The molecule has 1 N–H and O–H groups in total. The van der Waals surface area contributed by atoms with Crippen LogP contribution in [0.1, 0.15) is 10.4 Å². The fourth-order valence-corrected chi connectivity index (χ4v) is 2.45. The van der Waals surface area contributed by atoms with Gasteiger partial charge in [-0.05, 0) is 36.4 Å². The number of anilines is 1. The van der Waals surface area contributed by atoms with Crippen LogP contribution in [-0.4, -0.2) is 32.4 Å². The minimum Gasteiger partial charge on any atom is -0.497 e. The number of aromatic nitrogens is 1. The summed E-state index contributed by atoms with van der Waals surface area (Å²) in [4.78, 5) is 12.7. The molecule has 3 aromatic rings. The van der Waals surface area contributed by atoms with Crippen molar-refractivity contribution in [3.63, 3.8) is 0 Å². The Bertz CT molecular complexity index is 903. The second-order valence-corrected chi connectivity index (χ2v) is 5.32. The quantitative estimate of drug-likeness (QED) is 0.728. The Balaban J connectivity index is 1.89. The lowest BCUT2D eigenvalue weighted by molar-refractivity contribution is 0.102. The zero-order chi connectivity index (χ0) is 18.5. The predicted octanol–water partition coefficient (Wildman–Crippen LogP) is 3.62. The Labute approximate surface area is 150 Å². The van der Waals surface area contributed by atoms with Crippen LogP contribution in [0, 0.1) is 0 Å². The first kappa shape index (κ1) is 17.3. The third-order valence-corrected chi connectivity index (χ3v) is 3.82. The average Bonchev–Trinajstić information content (AvgIpc) is 3.18. The second kappa shape index (κ2) is 7.60. The maximum atomic E-state index is 12.7. The molecular formula is C19H18N2O5. The number of ether oxygens (including phenoxy) is 3. The number of methoxy groups -OCH3 is 3. The van der Waals surface area contributed by atoms with Crippen molar-refractivity contribution in [1.29, 1.82) is 0 Å². The molecular weight excluding hydrogens is 336 g/mol. The summed E-state index contributed by atoms with van der Waals surface area (Å²) in [5.74, 6) is 1.82. The largest absolute Gasteiger partial charge is 0.497 e. The fourth-order valence-electron chi connectivity index (χ4n) is 2.45. The summed E-state index contributed by atoms with van der Waals surface area (Å²) in [6, 6.07) is 12.3. The molecule has 0 fully saturated rings. The molecule has 0 aliphatic carbocycles. The van der Waals surface area contributed by atoms with E-state index in [2.05, 4.69) is 10.5 Å². The minimum atomic E-state index is -0.372. The highest BCUT2D eigenvalue weighted by Gasteiger charge is 2.19. The number of amides is 1. The molecule has 0 saturated heterocycles. The van der Waals surface area contributed by atoms with Crippen molar-refractivity contribution in [3.8, 4) is 28.6 Å². The van der Waals surface area contributed by atoms with Crippen LogP contribution in [0.2, 0.25) is 0 Å². The molecule has 1 amide bonds. The van der Waals surface area contributed by atoms with E-state index in [-0.39, 0.29) is 5.91 Å². The van der Waals surface area contributed by atoms with Gasteiger partial charge >= 0.3 is 0 Å². The second-order valence-electron chi connectivity index (χ2n) is 5.32. The molecule has 0 atom stereocenters. The molecule has 3 rings (SSSR count). The summed E-state index contributed by atoms with van der Waals surface area (Å²) < 4.78 is 20.9. The van der Waals surface area contributed by atoms with Crippen molar-refractivity contribution in [2.75, 3.05) is 26.6 Å². The van der Waals surface area contributed by atoms with E-state index in [1.165, 1.54) is 13.3 Å². The van der Waals surface area contributed by atoms with E-state index in [9.17, 15) is 4.79 Å². The number of benzene rings is 2. The highest BCUT2D eigenvalue weighted by Crippen LogP contribution is 2.31. The Morgan fingerprint density at radius 2 is 1.65 bits per heavy atom. The van der Waals surface area contributed by atoms with Crippen LogP contribution in [0.25, 0.3) is 11.3 Å². The Morgan fingerprint density at radius 1 is 0.962 bits per heavy atom. The fraction of sp³-hybridized carbons (Fsp3) is 0.158. The molecule has 0 bridgehead atoms. The van der Waals surface area contributed by atoms with Crippen LogP contribution in [0.4, 0.5) is 5.69 Å². The lowest BCUT2D eigenvalue weighted by Crippen LogP contribution is -2.13. The van der Waals surface area contributed by atoms with Crippen LogP contribution < -0.4 is 19.5 Å². The van der Waals surface area contributed by atoms with Gasteiger partial charge in [0.2, 0.25) is 0 Å². The van der Waals surface area contributed by atoms with E-state index in [1.807, 2.05) is 0 Å². The lowest BCUT2D eigenvalue weighted by atomic mass is 10.1. The number of rotatable bonds is 6. The van der Waals surface area contributed by atoms with Crippen LogP contribution in [0.3, 0.4) is 0 Å². The standard InChI is InChI=1S/C19H18N2O5/c1-23-13-6-4-12(5-7-13)18-15(11-20-26-18)19(22)21-16-10-14(24-2)8-9-17(16)25-3/h4-11H,1-3H3,(H,21,22). The molecule has 7 nitrogen and oxygen atoms in total. The van der Waals surface area contributed by atoms with E-state index < -0.39 is 0 Å². The number of carbonyl (C=O) groups excluding carboxylic acids is 1. The van der Waals surface area contributed by atoms with Gasteiger partial charge < -0.3 is 24.1 Å². The number of hydrogen-bond donors (Lipinski definition) is 1. The number of nitrogens with zero attached hydrogens (tertiary/aromatic N) is 1. The summed E-state index contributed by atoms with van der Waals surface area (Å²) >= 11 is 0. The van der Waals surface area contributed by atoms with E-state index in [4.69, 9.17) is 18.7 Å². The van der Waals surface area contributed by atoms with Crippen LogP contribution in [0.15, 0.2) is 53.2 Å². The molecule has 7 heteroatoms. The Morgan fingerprint density at radius 3 is 2.31 bits per heavy atom. The summed E-state index contributed by atoms with van der Waals surface area (Å²) in [5, 5.41) is 6.56. The summed E-state index contributed by atoms with van der Waals surface area (Å²) in [6.07, 6.45) is 1.38. The maximum Gasteiger partial charge on any atom is 0.261 e. The zero-order valence-corrected chi connectivity index (χ0v) is 14.6. The van der Waals surface area contributed by atoms with Gasteiger partial charge in [0.1, 0.15) is 22.8 Å². The van der Waals surface area contributed by atoms with Gasteiger partial charge in [0.25, 0.3) is 5.91 Å². The van der Waals surface area contributed by atoms with Crippen molar-refractivity contribution in [1.82, 2.24) is 5.16 Å². The van der Waals surface area contributed by atoms with Crippen molar-refractivity contribution >= 4 is 11.6 Å². The Hall–Kier alpha value is -3.48. The minimum absolute atomic E-state index is 0.306. The molecule has 1 heterocycles. The molecule has 0 saturated carbocycles. The molecule has 134 valence electrons. The molecule has 0 radical (unpaired) electrons. The smallest absolute Gasteiger partial charge is 0.261 e. The lowest BCUT2D eigenvalue weighted by Gasteiger charge is -2.11. The van der Waals surface area contributed by atoms with Crippen LogP contribution in [-0.2, 0) is 0 Å². The van der Waals surface area contributed by atoms with Crippen molar-refractivity contribution in [2.45, 2.75) is 0 Å². The maximum absolute atomic E-state index is 12.7. The van der Waals surface area contributed by atoms with Crippen LogP contribution >= 0.6 is 0 Å². The number of nitrogens with one attached hydrogen (secondary N) is 1. The van der Waals surface area contributed by atoms with Gasteiger partial charge in [-0.3, -0.25) is 4.79 Å². The monoisotopic (exact) mass is 354 g/mol. The van der Waals surface area contributed by atoms with Crippen molar-refractivity contribution in [2.24, 2.45) is 0 Å². The summed E-state index contributed by atoms with van der Waals surface area (Å²) in [7, 11) is 4.67. The highest BCUT2D eigenvalue weighted by atomic mass is 16.5. The summed E-state index contributed by atoms with van der Waals surface area (Å²) in [6.45, 7) is 0. The third kappa shape index (κ3) is 3.46. The molecule has 0 spiro atoms. The zero-order valence-electron chi connectivity index (χ0n) is 14.6. The normalized spacial score (nSPS) is 10.3. The third-order valence-electron chi connectivity index (χ3n) is 3.82. The molecule has 2 aromatic carbocycles. The Kier molecular flexibility index (Phi) is 5.07. The van der Waals surface area contributed by atoms with Gasteiger partial charge in [-0.2, -0.15) is 0 Å². The van der Waals surface area contributed by atoms with Gasteiger partial charge in [-0.15, -0.1) is 0 Å². The SMILES string of the molecule is COc1ccc(-c2oncc2C(=O)Nc2cc(OC)ccc2OC)cc1. The molecule has 0 aliphatic rings. The van der Waals surface area contributed by atoms with Gasteiger partial charge in [0.05, 0.1) is 33.2 Å². The van der Waals surface area contributed by atoms with Gasteiger partial charge in [0.15, 0.2) is 5.76 Å². The molecule has 0 aliphatic heterocycles. The van der Waals surface area contributed by atoms with Gasteiger partial charge in [-0.25, -0.2) is 0 Å². The van der Waals surface area contributed by atoms with E-state index >= 15 is 0 Å². The van der Waals surface area contributed by atoms with Gasteiger partial charge in [-0.1, -0.05) is 5.16 Å².